The van der Waals surface area contributed by atoms with Gasteiger partial charge in [-0.1, -0.05) is 12.1 Å². The Hall–Kier alpha value is -2.72. The van der Waals surface area contributed by atoms with E-state index in [1.807, 2.05) is 13.1 Å². The standard InChI is InChI=1S/C15H15N5O2/c1-18-7-5-14-13(10-18)15(17-19(14)8-6-16)11-3-2-4-12(9-11)20(21)22/h2-4,9H,5,7-8,10H2,1H3. The second-order valence-electron chi connectivity index (χ2n) is 5.38. The van der Waals surface area contributed by atoms with Crippen LogP contribution >= 0.6 is 0 Å². The maximum atomic E-state index is 11.0. The van der Waals surface area contributed by atoms with Gasteiger partial charge in [0.2, 0.25) is 0 Å². The lowest BCUT2D eigenvalue weighted by atomic mass is 10.0. The van der Waals surface area contributed by atoms with Crippen LogP contribution in [0.5, 0.6) is 0 Å². The van der Waals surface area contributed by atoms with Crippen LogP contribution in [0, 0.1) is 21.4 Å². The summed E-state index contributed by atoms with van der Waals surface area (Å²) in [6, 6.07) is 8.60. The largest absolute Gasteiger partial charge is 0.302 e. The summed E-state index contributed by atoms with van der Waals surface area (Å²) in [7, 11) is 2.03. The molecule has 1 aromatic heterocycles. The number of nitro benzene ring substituents is 1. The van der Waals surface area contributed by atoms with E-state index in [1.54, 1.807) is 10.7 Å². The molecule has 0 spiro atoms. The molecule has 0 fully saturated rings. The summed E-state index contributed by atoms with van der Waals surface area (Å²) in [5.74, 6) is 0. The number of nitrogens with zero attached hydrogens (tertiary/aromatic N) is 5. The van der Waals surface area contributed by atoms with Crippen molar-refractivity contribution in [3.05, 3.63) is 45.6 Å². The molecule has 1 aliphatic rings. The van der Waals surface area contributed by atoms with Crippen LogP contribution in [0.1, 0.15) is 11.3 Å². The second-order valence-corrected chi connectivity index (χ2v) is 5.38. The third-order valence-corrected chi connectivity index (χ3v) is 3.88. The third-order valence-electron chi connectivity index (χ3n) is 3.88. The van der Waals surface area contributed by atoms with Gasteiger partial charge in [0.05, 0.1) is 16.7 Å². The lowest BCUT2D eigenvalue weighted by Gasteiger charge is -2.23. The Morgan fingerprint density at radius 1 is 1.50 bits per heavy atom. The SMILES string of the molecule is CN1CCc2c(c(-c3cccc([N+](=O)[O-])c3)nn2CC#N)C1. The predicted octanol–water partition coefficient (Wildman–Crippen LogP) is 1.97. The monoisotopic (exact) mass is 297 g/mol. The van der Waals surface area contributed by atoms with Crippen molar-refractivity contribution < 1.29 is 4.92 Å². The fourth-order valence-corrected chi connectivity index (χ4v) is 2.82. The molecule has 3 rings (SSSR count). The number of benzene rings is 1. The van der Waals surface area contributed by atoms with Crippen molar-refractivity contribution in [2.24, 2.45) is 0 Å². The van der Waals surface area contributed by atoms with E-state index in [-0.39, 0.29) is 12.2 Å². The van der Waals surface area contributed by atoms with Crippen LogP contribution in [0.3, 0.4) is 0 Å². The predicted molar refractivity (Wildman–Crippen MR) is 80.0 cm³/mol. The summed E-state index contributed by atoms with van der Waals surface area (Å²) < 4.78 is 1.72. The molecule has 7 nitrogen and oxygen atoms in total. The average Bonchev–Trinajstić information content (AvgIpc) is 2.86. The normalized spacial score (nSPS) is 14.4. The Kier molecular flexibility index (Phi) is 3.61. The quantitative estimate of drug-likeness (QED) is 0.638. The van der Waals surface area contributed by atoms with Crippen LogP contribution in [0.4, 0.5) is 5.69 Å². The van der Waals surface area contributed by atoms with Crippen molar-refractivity contribution >= 4 is 5.69 Å². The molecule has 0 saturated heterocycles. The molecular weight excluding hydrogens is 282 g/mol. The number of fused-ring (bicyclic) bond motifs is 1. The van der Waals surface area contributed by atoms with E-state index in [0.717, 1.165) is 42.0 Å². The summed E-state index contributed by atoms with van der Waals surface area (Å²) in [6.45, 7) is 1.85. The molecule has 0 atom stereocenters. The van der Waals surface area contributed by atoms with Gasteiger partial charge in [-0.15, -0.1) is 0 Å². The first-order chi connectivity index (χ1) is 10.6. The first-order valence-corrected chi connectivity index (χ1v) is 6.99. The average molecular weight is 297 g/mol. The molecule has 7 heteroatoms. The minimum atomic E-state index is -0.408. The van der Waals surface area contributed by atoms with E-state index in [9.17, 15) is 10.1 Å². The fourth-order valence-electron chi connectivity index (χ4n) is 2.82. The Bertz CT molecular complexity index is 775. The maximum Gasteiger partial charge on any atom is 0.270 e. The number of non-ortho nitro benzene ring substituents is 1. The lowest BCUT2D eigenvalue weighted by Crippen LogP contribution is -2.27. The van der Waals surface area contributed by atoms with E-state index in [0.29, 0.717) is 0 Å². The van der Waals surface area contributed by atoms with Gasteiger partial charge in [0.1, 0.15) is 6.54 Å². The van der Waals surface area contributed by atoms with Gasteiger partial charge in [0.15, 0.2) is 0 Å². The van der Waals surface area contributed by atoms with E-state index in [2.05, 4.69) is 16.1 Å². The van der Waals surface area contributed by atoms with E-state index >= 15 is 0 Å². The van der Waals surface area contributed by atoms with Gasteiger partial charge in [0.25, 0.3) is 5.69 Å². The molecule has 2 heterocycles. The van der Waals surface area contributed by atoms with E-state index in [1.165, 1.54) is 12.1 Å². The van der Waals surface area contributed by atoms with Crippen LogP contribution in [0.15, 0.2) is 24.3 Å². The Labute approximate surface area is 127 Å². The van der Waals surface area contributed by atoms with Crippen molar-refractivity contribution in [2.75, 3.05) is 13.6 Å². The zero-order valence-electron chi connectivity index (χ0n) is 12.2. The lowest BCUT2D eigenvalue weighted by molar-refractivity contribution is -0.384. The highest BCUT2D eigenvalue weighted by Gasteiger charge is 2.24. The van der Waals surface area contributed by atoms with Gasteiger partial charge in [-0.2, -0.15) is 10.4 Å². The van der Waals surface area contributed by atoms with Gasteiger partial charge in [-0.25, -0.2) is 0 Å². The molecule has 0 saturated carbocycles. The number of hydrogen-bond donors (Lipinski definition) is 0. The number of likely N-dealkylation sites (N-methyl/N-ethyl adjacent to an activating group) is 1. The summed E-state index contributed by atoms with van der Waals surface area (Å²) in [4.78, 5) is 12.7. The molecule has 0 amide bonds. The van der Waals surface area contributed by atoms with Crippen molar-refractivity contribution in [1.29, 1.82) is 5.26 Å². The Balaban J connectivity index is 2.13. The van der Waals surface area contributed by atoms with Gasteiger partial charge in [-0.3, -0.25) is 14.8 Å². The number of nitro groups is 1. The maximum absolute atomic E-state index is 11.0. The highest BCUT2D eigenvalue weighted by molar-refractivity contribution is 5.67. The van der Waals surface area contributed by atoms with Crippen molar-refractivity contribution in [2.45, 2.75) is 19.5 Å². The molecule has 1 aromatic carbocycles. The molecule has 0 bridgehead atoms. The van der Waals surface area contributed by atoms with Crippen molar-refractivity contribution in [3.63, 3.8) is 0 Å². The fraction of sp³-hybridized carbons (Fsp3) is 0.333. The first-order valence-electron chi connectivity index (χ1n) is 6.99. The Morgan fingerprint density at radius 3 is 3.05 bits per heavy atom. The van der Waals surface area contributed by atoms with Gasteiger partial charge < -0.3 is 4.90 Å². The summed E-state index contributed by atoms with van der Waals surface area (Å²) in [5.41, 5.74) is 3.62. The molecule has 0 radical (unpaired) electrons. The smallest absolute Gasteiger partial charge is 0.270 e. The van der Waals surface area contributed by atoms with E-state index < -0.39 is 4.92 Å². The molecule has 0 unspecified atom stereocenters. The third kappa shape index (κ3) is 2.44. The summed E-state index contributed by atoms with van der Waals surface area (Å²) >= 11 is 0. The van der Waals surface area contributed by atoms with Crippen molar-refractivity contribution in [1.82, 2.24) is 14.7 Å². The molecule has 2 aromatic rings. The molecule has 0 N–H and O–H groups in total. The first kappa shape index (κ1) is 14.2. The van der Waals surface area contributed by atoms with Crippen LogP contribution in [0.2, 0.25) is 0 Å². The summed E-state index contributed by atoms with van der Waals surface area (Å²) in [5, 5.41) is 24.5. The van der Waals surface area contributed by atoms with Gasteiger partial charge in [0, 0.05) is 48.5 Å². The van der Waals surface area contributed by atoms with Crippen LogP contribution in [0.25, 0.3) is 11.3 Å². The molecule has 112 valence electrons. The van der Waals surface area contributed by atoms with Gasteiger partial charge in [-0.05, 0) is 7.05 Å². The molecule has 1 aliphatic heterocycles. The Morgan fingerprint density at radius 2 is 2.32 bits per heavy atom. The number of rotatable bonds is 3. The van der Waals surface area contributed by atoms with Crippen molar-refractivity contribution in [3.8, 4) is 17.3 Å². The number of nitriles is 1. The molecule has 22 heavy (non-hydrogen) atoms. The van der Waals surface area contributed by atoms with E-state index in [4.69, 9.17) is 5.26 Å². The second kappa shape index (κ2) is 5.58. The number of hydrogen-bond acceptors (Lipinski definition) is 5. The minimum absolute atomic E-state index is 0.0465. The van der Waals surface area contributed by atoms with Crippen LogP contribution < -0.4 is 0 Å². The number of aromatic nitrogens is 2. The highest BCUT2D eigenvalue weighted by Crippen LogP contribution is 2.31. The topological polar surface area (TPSA) is 88.0 Å². The molecule has 0 aliphatic carbocycles. The summed E-state index contributed by atoms with van der Waals surface area (Å²) in [6.07, 6.45) is 0.829. The minimum Gasteiger partial charge on any atom is -0.302 e. The zero-order valence-corrected chi connectivity index (χ0v) is 12.2. The van der Waals surface area contributed by atoms with Crippen LogP contribution in [-0.2, 0) is 19.5 Å². The zero-order chi connectivity index (χ0) is 15.7. The van der Waals surface area contributed by atoms with Gasteiger partial charge >= 0.3 is 0 Å². The highest BCUT2D eigenvalue weighted by atomic mass is 16.6. The molecular formula is C15H15N5O2. The van der Waals surface area contributed by atoms with Crippen LogP contribution in [-0.4, -0.2) is 33.2 Å².